The maximum Gasteiger partial charge on any atom is 0.116 e. The molecule has 0 spiro atoms. The van der Waals surface area contributed by atoms with Crippen molar-refractivity contribution in [1.82, 2.24) is 4.98 Å². The van der Waals surface area contributed by atoms with Crippen LogP contribution in [0.5, 0.6) is 0 Å². The van der Waals surface area contributed by atoms with Crippen LogP contribution in [-0.4, -0.2) is 23.8 Å². The fourth-order valence-electron chi connectivity index (χ4n) is 2.70. The second kappa shape index (κ2) is 4.34. The number of nitrogens with zero attached hydrogens (tertiary/aromatic N) is 1. The molecule has 3 heteroatoms. The predicted octanol–water partition coefficient (Wildman–Crippen LogP) is 2.48. The lowest BCUT2D eigenvalue weighted by Gasteiger charge is -2.29. The number of methoxy groups -OCH3 is 1. The Labute approximate surface area is 106 Å². The van der Waals surface area contributed by atoms with Crippen molar-refractivity contribution in [2.75, 3.05) is 13.7 Å². The van der Waals surface area contributed by atoms with E-state index < -0.39 is 5.60 Å². The summed E-state index contributed by atoms with van der Waals surface area (Å²) in [4.78, 5) is 4.13. The minimum atomic E-state index is -0.865. The molecule has 1 saturated carbocycles. The Kier molecular flexibility index (Phi) is 2.80. The van der Waals surface area contributed by atoms with Crippen LogP contribution in [0.1, 0.15) is 18.4 Å². The minimum absolute atomic E-state index is 0.316. The molecule has 18 heavy (non-hydrogen) atoms. The fourth-order valence-corrected chi connectivity index (χ4v) is 2.70. The SMILES string of the molecule is COCC(O)(c1cccc2cnccc12)C1CC1. The smallest absolute Gasteiger partial charge is 0.116 e. The van der Waals surface area contributed by atoms with Crippen LogP contribution in [0.2, 0.25) is 0 Å². The standard InChI is InChI=1S/C15H17NO2/c1-18-10-15(17,12-5-6-12)14-4-2-3-11-9-16-8-7-13(11)14/h2-4,7-9,12,17H,5-6,10H2,1H3. The van der Waals surface area contributed by atoms with E-state index in [-0.39, 0.29) is 0 Å². The van der Waals surface area contributed by atoms with Gasteiger partial charge < -0.3 is 9.84 Å². The van der Waals surface area contributed by atoms with E-state index in [4.69, 9.17) is 4.74 Å². The van der Waals surface area contributed by atoms with Gasteiger partial charge in [-0.3, -0.25) is 4.98 Å². The van der Waals surface area contributed by atoms with Crippen LogP contribution in [-0.2, 0) is 10.3 Å². The minimum Gasteiger partial charge on any atom is -0.382 e. The van der Waals surface area contributed by atoms with Gasteiger partial charge in [0.05, 0.1) is 6.61 Å². The molecular weight excluding hydrogens is 226 g/mol. The molecule has 1 fully saturated rings. The normalized spacial score (nSPS) is 18.8. The summed E-state index contributed by atoms with van der Waals surface area (Å²) < 4.78 is 5.25. The van der Waals surface area contributed by atoms with Gasteiger partial charge in [0, 0.05) is 24.9 Å². The summed E-state index contributed by atoms with van der Waals surface area (Å²) in [6, 6.07) is 7.96. The van der Waals surface area contributed by atoms with Crippen molar-refractivity contribution in [3.05, 3.63) is 42.2 Å². The zero-order chi connectivity index (χ0) is 12.6. The number of aromatic nitrogens is 1. The molecule has 1 aromatic carbocycles. The molecule has 0 bridgehead atoms. The number of hydrogen-bond donors (Lipinski definition) is 1. The second-order valence-corrected chi connectivity index (χ2v) is 5.03. The third-order valence-electron chi connectivity index (χ3n) is 3.76. The maximum absolute atomic E-state index is 11.0. The van der Waals surface area contributed by atoms with Crippen LogP contribution in [0.25, 0.3) is 10.8 Å². The summed E-state index contributed by atoms with van der Waals surface area (Å²) in [5.74, 6) is 0.316. The van der Waals surface area contributed by atoms with Crippen LogP contribution in [0.15, 0.2) is 36.7 Å². The molecule has 1 heterocycles. The van der Waals surface area contributed by atoms with E-state index >= 15 is 0 Å². The molecule has 94 valence electrons. The van der Waals surface area contributed by atoms with Gasteiger partial charge in [0.1, 0.15) is 5.60 Å². The van der Waals surface area contributed by atoms with Gasteiger partial charge in [-0.2, -0.15) is 0 Å². The third-order valence-corrected chi connectivity index (χ3v) is 3.76. The Hall–Kier alpha value is -1.45. The summed E-state index contributed by atoms with van der Waals surface area (Å²) in [5.41, 5.74) is 0.0991. The average Bonchev–Trinajstić information content (AvgIpc) is 3.23. The largest absolute Gasteiger partial charge is 0.382 e. The lowest BCUT2D eigenvalue weighted by molar-refractivity contribution is -0.0521. The molecule has 1 unspecified atom stereocenters. The van der Waals surface area contributed by atoms with Crippen molar-refractivity contribution in [2.24, 2.45) is 5.92 Å². The number of rotatable bonds is 4. The van der Waals surface area contributed by atoms with Crippen molar-refractivity contribution < 1.29 is 9.84 Å². The Balaban J connectivity index is 2.17. The Morgan fingerprint density at radius 2 is 2.22 bits per heavy atom. The van der Waals surface area contributed by atoms with Gasteiger partial charge in [-0.25, -0.2) is 0 Å². The van der Waals surface area contributed by atoms with Crippen molar-refractivity contribution in [3.8, 4) is 0 Å². The van der Waals surface area contributed by atoms with Crippen molar-refractivity contribution >= 4 is 10.8 Å². The highest BCUT2D eigenvalue weighted by Gasteiger charge is 2.45. The van der Waals surface area contributed by atoms with E-state index in [0.717, 1.165) is 29.2 Å². The fraction of sp³-hybridized carbons (Fsp3) is 0.400. The van der Waals surface area contributed by atoms with Crippen LogP contribution in [0.3, 0.4) is 0 Å². The first-order valence-corrected chi connectivity index (χ1v) is 6.30. The summed E-state index contributed by atoms with van der Waals surface area (Å²) in [7, 11) is 1.64. The van der Waals surface area contributed by atoms with Crippen molar-refractivity contribution in [2.45, 2.75) is 18.4 Å². The van der Waals surface area contributed by atoms with Crippen LogP contribution in [0.4, 0.5) is 0 Å². The molecule has 3 rings (SSSR count). The molecule has 0 radical (unpaired) electrons. The van der Waals surface area contributed by atoms with E-state index in [1.807, 2.05) is 30.5 Å². The summed E-state index contributed by atoms with van der Waals surface area (Å²) >= 11 is 0. The van der Waals surface area contributed by atoms with Crippen LogP contribution >= 0.6 is 0 Å². The summed E-state index contributed by atoms with van der Waals surface area (Å²) in [6.07, 6.45) is 5.74. The zero-order valence-corrected chi connectivity index (χ0v) is 10.5. The molecule has 1 aliphatic carbocycles. The summed E-state index contributed by atoms with van der Waals surface area (Å²) in [5, 5.41) is 13.1. The molecule has 1 aliphatic rings. The van der Waals surface area contributed by atoms with E-state index in [9.17, 15) is 5.11 Å². The third kappa shape index (κ3) is 1.80. The highest BCUT2D eigenvalue weighted by molar-refractivity contribution is 5.85. The lowest BCUT2D eigenvalue weighted by Crippen LogP contribution is -2.34. The van der Waals surface area contributed by atoms with Gasteiger partial charge in [0.2, 0.25) is 0 Å². The van der Waals surface area contributed by atoms with E-state index in [0.29, 0.717) is 12.5 Å². The number of pyridine rings is 1. The molecule has 0 saturated heterocycles. The van der Waals surface area contributed by atoms with Gasteiger partial charge in [-0.1, -0.05) is 18.2 Å². The lowest BCUT2D eigenvalue weighted by atomic mass is 9.86. The Bertz CT molecular complexity index is 560. The van der Waals surface area contributed by atoms with Crippen molar-refractivity contribution in [1.29, 1.82) is 0 Å². The Morgan fingerprint density at radius 1 is 1.39 bits per heavy atom. The molecule has 0 aliphatic heterocycles. The highest BCUT2D eigenvalue weighted by atomic mass is 16.5. The number of benzene rings is 1. The van der Waals surface area contributed by atoms with Gasteiger partial charge in [0.15, 0.2) is 0 Å². The zero-order valence-electron chi connectivity index (χ0n) is 10.5. The second-order valence-electron chi connectivity index (χ2n) is 5.03. The van der Waals surface area contributed by atoms with Gasteiger partial charge in [0.25, 0.3) is 0 Å². The van der Waals surface area contributed by atoms with E-state index in [1.54, 1.807) is 13.3 Å². The first-order valence-electron chi connectivity index (χ1n) is 6.30. The molecule has 3 nitrogen and oxygen atoms in total. The number of fused-ring (bicyclic) bond motifs is 1. The number of aliphatic hydroxyl groups is 1. The van der Waals surface area contributed by atoms with Crippen molar-refractivity contribution in [3.63, 3.8) is 0 Å². The topological polar surface area (TPSA) is 42.4 Å². The Morgan fingerprint density at radius 3 is 2.94 bits per heavy atom. The molecular formula is C15H17NO2. The monoisotopic (exact) mass is 243 g/mol. The van der Waals surface area contributed by atoms with E-state index in [2.05, 4.69) is 4.98 Å². The maximum atomic E-state index is 11.0. The van der Waals surface area contributed by atoms with Gasteiger partial charge >= 0.3 is 0 Å². The van der Waals surface area contributed by atoms with E-state index in [1.165, 1.54) is 0 Å². The van der Waals surface area contributed by atoms with Crippen LogP contribution < -0.4 is 0 Å². The number of hydrogen-bond acceptors (Lipinski definition) is 3. The van der Waals surface area contributed by atoms with Gasteiger partial charge in [-0.05, 0) is 35.8 Å². The molecule has 2 aromatic rings. The number of ether oxygens (including phenoxy) is 1. The quantitative estimate of drug-likeness (QED) is 0.897. The molecule has 0 amide bonds. The highest BCUT2D eigenvalue weighted by Crippen LogP contribution is 2.47. The molecule has 1 N–H and O–H groups in total. The first-order chi connectivity index (χ1) is 8.75. The first kappa shape index (κ1) is 11.6. The molecule has 1 atom stereocenters. The molecule has 1 aromatic heterocycles. The summed E-state index contributed by atoms with van der Waals surface area (Å²) in [6.45, 7) is 0.346. The van der Waals surface area contributed by atoms with Crippen LogP contribution in [0, 0.1) is 5.92 Å². The predicted molar refractivity (Wildman–Crippen MR) is 70.2 cm³/mol. The van der Waals surface area contributed by atoms with Gasteiger partial charge in [-0.15, -0.1) is 0 Å². The average molecular weight is 243 g/mol.